The minimum Gasteiger partial charge on any atom is -0.331 e. The normalized spacial score (nSPS) is 20.1. The van der Waals surface area contributed by atoms with E-state index in [4.69, 9.17) is 0 Å². The Kier molecular flexibility index (Phi) is 4.57. The fourth-order valence-corrected chi connectivity index (χ4v) is 4.19. The van der Waals surface area contributed by atoms with Gasteiger partial charge in [0.15, 0.2) is 0 Å². The number of non-ortho nitro benzene ring substituents is 1. The fraction of sp³-hybridized carbons (Fsp3) is 0.278. The number of nitro groups is 1. The van der Waals surface area contributed by atoms with E-state index in [1.54, 1.807) is 23.9 Å². The molecule has 0 bridgehead atoms. The summed E-state index contributed by atoms with van der Waals surface area (Å²) in [6.07, 6.45) is 0. The van der Waals surface area contributed by atoms with Gasteiger partial charge < -0.3 is 4.90 Å². The Hall–Kier alpha value is -2.34. The Morgan fingerprint density at radius 1 is 1.08 bits per heavy atom. The zero-order valence-electron chi connectivity index (χ0n) is 13.5. The van der Waals surface area contributed by atoms with Crippen molar-refractivity contribution in [2.75, 3.05) is 0 Å². The number of rotatable bonds is 5. The maximum atomic E-state index is 12.6. The zero-order chi connectivity index (χ0) is 17.3. The van der Waals surface area contributed by atoms with Crippen molar-refractivity contribution in [1.82, 2.24) is 4.90 Å². The highest BCUT2D eigenvalue weighted by Crippen LogP contribution is 2.46. The van der Waals surface area contributed by atoms with Crippen LogP contribution in [0.15, 0.2) is 59.5 Å². The van der Waals surface area contributed by atoms with Crippen molar-refractivity contribution in [1.29, 1.82) is 0 Å². The van der Waals surface area contributed by atoms with Gasteiger partial charge >= 0.3 is 0 Å². The molecule has 24 heavy (non-hydrogen) atoms. The largest absolute Gasteiger partial charge is 0.331 e. The van der Waals surface area contributed by atoms with Gasteiger partial charge in [0.25, 0.3) is 5.69 Å². The Morgan fingerprint density at radius 3 is 2.25 bits per heavy atom. The lowest BCUT2D eigenvalue weighted by Gasteiger charge is -2.49. The van der Waals surface area contributed by atoms with E-state index in [2.05, 4.69) is 0 Å². The second-order valence-electron chi connectivity index (χ2n) is 5.98. The second-order valence-corrected chi connectivity index (χ2v) is 7.20. The molecule has 5 nitrogen and oxygen atoms in total. The lowest BCUT2D eigenvalue weighted by Crippen LogP contribution is -2.59. The molecule has 6 heteroatoms. The first-order valence-corrected chi connectivity index (χ1v) is 8.65. The maximum Gasteiger partial charge on any atom is 0.269 e. The van der Waals surface area contributed by atoms with Gasteiger partial charge in [0, 0.05) is 23.1 Å². The summed E-state index contributed by atoms with van der Waals surface area (Å²) in [5.41, 5.74) is 0.995. The van der Waals surface area contributed by atoms with Crippen LogP contribution in [0, 0.1) is 10.1 Å². The zero-order valence-corrected chi connectivity index (χ0v) is 14.3. The molecule has 124 valence electrons. The molecule has 0 spiro atoms. The number of amides is 1. The molecule has 0 aromatic heterocycles. The SMILES string of the molecule is CC(C)N1C(=O)[C@@H](Sc2ccccc2)[C@H]1c1ccc([N+](=O)[O-])cc1. The Bertz CT molecular complexity index is 747. The van der Waals surface area contributed by atoms with Gasteiger partial charge in [-0.3, -0.25) is 14.9 Å². The number of carbonyl (C=O) groups is 1. The van der Waals surface area contributed by atoms with Gasteiger partial charge in [0.1, 0.15) is 5.25 Å². The third kappa shape index (κ3) is 3.01. The third-order valence-electron chi connectivity index (χ3n) is 4.09. The van der Waals surface area contributed by atoms with Gasteiger partial charge in [0.2, 0.25) is 5.91 Å². The molecule has 0 radical (unpaired) electrons. The molecule has 2 aromatic carbocycles. The molecule has 0 N–H and O–H groups in total. The monoisotopic (exact) mass is 342 g/mol. The molecule has 1 saturated heterocycles. The van der Waals surface area contributed by atoms with E-state index in [0.717, 1.165) is 10.5 Å². The van der Waals surface area contributed by atoms with Crippen molar-refractivity contribution in [3.05, 3.63) is 70.3 Å². The van der Waals surface area contributed by atoms with Crippen molar-refractivity contribution in [2.24, 2.45) is 0 Å². The highest BCUT2D eigenvalue weighted by molar-refractivity contribution is 8.00. The smallest absolute Gasteiger partial charge is 0.269 e. The third-order valence-corrected chi connectivity index (χ3v) is 5.35. The summed E-state index contributed by atoms with van der Waals surface area (Å²) in [7, 11) is 0. The van der Waals surface area contributed by atoms with Crippen LogP contribution in [0.2, 0.25) is 0 Å². The molecular formula is C18H18N2O3S. The molecule has 1 heterocycles. The maximum absolute atomic E-state index is 12.6. The standard InChI is InChI=1S/C18H18N2O3S/c1-12(2)19-16(13-8-10-14(11-9-13)20(22)23)17(18(19)21)24-15-6-4-3-5-7-15/h3-12,16-17H,1-2H3/t16-,17+/m1/s1. The van der Waals surface area contributed by atoms with E-state index >= 15 is 0 Å². The van der Waals surface area contributed by atoms with Crippen LogP contribution in [0.25, 0.3) is 0 Å². The van der Waals surface area contributed by atoms with Crippen molar-refractivity contribution < 1.29 is 9.72 Å². The predicted octanol–water partition coefficient (Wildman–Crippen LogP) is 4.05. The summed E-state index contributed by atoms with van der Waals surface area (Å²) >= 11 is 1.55. The van der Waals surface area contributed by atoms with E-state index in [1.165, 1.54) is 12.1 Å². The summed E-state index contributed by atoms with van der Waals surface area (Å²) in [5.74, 6) is 0.113. The highest BCUT2D eigenvalue weighted by atomic mass is 32.2. The minimum atomic E-state index is -0.411. The summed E-state index contributed by atoms with van der Waals surface area (Å²) in [6, 6.07) is 16.4. The second kappa shape index (κ2) is 6.65. The molecule has 3 rings (SSSR count). The van der Waals surface area contributed by atoms with Gasteiger partial charge in [-0.15, -0.1) is 11.8 Å². The number of benzene rings is 2. The number of hydrogen-bond acceptors (Lipinski definition) is 4. The average molecular weight is 342 g/mol. The van der Waals surface area contributed by atoms with Gasteiger partial charge in [-0.25, -0.2) is 0 Å². The molecule has 1 aliphatic rings. The minimum absolute atomic E-state index is 0.0627. The van der Waals surface area contributed by atoms with Crippen LogP contribution in [-0.2, 0) is 4.79 Å². The Morgan fingerprint density at radius 2 is 1.71 bits per heavy atom. The lowest BCUT2D eigenvalue weighted by molar-refractivity contribution is -0.384. The first-order chi connectivity index (χ1) is 11.5. The van der Waals surface area contributed by atoms with Crippen LogP contribution < -0.4 is 0 Å². The van der Waals surface area contributed by atoms with Crippen LogP contribution in [0.4, 0.5) is 5.69 Å². The number of β-lactam (4-membered cyclic amide) rings is 1. The number of likely N-dealkylation sites (tertiary alicyclic amines) is 1. The number of nitro benzene ring substituents is 1. The van der Waals surface area contributed by atoms with Crippen LogP contribution in [-0.4, -0.2) is 27.0 Å². The van der Waals surface area contributed by atoms with Crippen LogP contribution in [0.3, 0.4) is 0 Å². The molecule has 0 saturated carbocycles. The number of nitrogens with zero attached hydrogens (tertiary/aromatic N) is 2. The lowest BCUT2D eigenvalue weighted by atomic mass is 9.91. The molecule has 0 unspecified atom stereocenters. The molecule has 1 fully saturated rings. The van der Waals surface area contributed by atoms with Gasteiger partial charge in [0.05, 0.1) is 11.0 Å². The Labute approximate surface area is 144 Å². The van der Waals surface area contributed by atoms with Crippen LogP contribution in [0.1, 0.15) is 25.5 Å². The molecule has 1 aliphatic heterocycles. The Balaban J connectivity index is 1.88. The van der Waals surface area contributed by atoms with E-state index in [-0.39, 0.29) is 28.9 Å². The number of carbonyl (C=O) groups excluding carboxylic acids is 1. The topological polar surface area (TPSA) is 63.5 Å². The van der Waals surface area contributed by atoms with E-state index < -0.39 is 4.92 Å². The summed E-state index contributed by atoms with van der Waals surface area (Å²) in [5, 5.41) is 10.6. The number of hydrogen-bond donors (Lipinski definition) is 0. The van der Waals surface area contributed by atoms with Crippen LogP contribution in [0.5, 0.6) is 0 Å². The van der Waals surface area contributed by atoms with E-state index in [9.17, 15) is 14.9 Å². The van der Waals surface area contributed by atoms with Crippen molar-refractivity contribution in [3.8, 4) is 0 Å². The fourth-order valence-electron chi connectivity index (χ4n) is 2.95. The molecule has 2 aromatic rings. The quantitative estimate of drug-likeness (QED) is 0.467. The summed E-state index contributed by atoms with van der Waals surface area (Å²) in [6.45, 7) is 3.97. The van der Waals surface area contributed by atoms with Crippen LogP contribution >= 0.6 is 11.8 Å². The molecule has 0 aliphatic carbocycles. The molecule has 1 amide bonds. The number of thioether (sulfide) groups is 1. The van der Waals surface area contributed by atoms with Gasteiger partial charge in [-0.1, -0.05) is 30.3 Å². The predicted molar refractivity (Wildman–Crippen MR) is 93.9 cm³/mol. The summed E-state index contributed by atoms with van der Waals surface area (Å²) < 4.78 is 0. The van der Waals surface area contributed by atoms with E-state index in [1.807, 2.05) is 49.1 Å². The first kappa shape index (κ1) is 16.5. The highest BCUT2D eigenvalue weighted by Gasteiger charge is 2.49. The van der Waals surface area contributed by atoms with Crippen molar-refractivity contribution in [3.63, 3.8) is 0 Å². The van der Waals surface area contributed by atoms with Gasteiger partial charge in [-0.2, -0.15) is 0 Å². The molecule has 2 atom stereocenters. The van der Waals surface area contributed by atoms with Gasteiger partial charge in [-0.05, 0) is 31.5 Å². The van der Waals surface area contributed by atoms with Crippen molar-refractivity contribution >= 4 is 23.4 Å². The molecular weight excluding hydrogens is 324 g/mol. The summed E-state index contributed by atoms with van der Waals surface area (Å²) in [4.78, 5) is 25.9. The van der Waals surface area contributed by atoms with Crippen molar-refractivity contribution in [2.45, 2.75) is 36.1 Å². The average Bonchev–Trinajstić information content (AvgIpc) is 2.58. The first-order valence-electron chi connectivity index (χ1n) is 7.77. The van der Waals surface area contributed by atoms with E-state index in [0.29, 0.717) is 0 Å².